The number of H-pyrrole nitrogens is 1. The normalized spacial score (nSPS) is 11.2. The monoisotopic (exact) mass is 1460 g/mol. The second kappa shape index (κ2) is 30.5. The Morgan fingerprint density at radius 3 is 0.916 bits per heavy atom. The van der Waals surface area contributed by atoms with Crippen LogP contribution in [0.25, 0.3) is 94.9 Å². The second-order valence-electron chi connectivity index (χ2n) is 23.9. The number of benzene rings is 10. The number of aromatic amines is 1. The topological polar surface area (TPSA) is 124 Å². The molecule has 10 aromatic carbocycles. The molecule has 0 bridgehead atoms. The summed E-state index contributed by atoms with van der Waals surface area (Å²) in [6.45, 7) is 33.0. The van der Waals surface area contributed by atoms with Gasteiger partial charge in [-0.05, 0) is 254 Å². The number of fused-ring (bicyclic) bond motifs is 8. The van der Waals surface area contributed by atoms with Crippen molar-refractivity contribution in [1.82, 2.24) is 50.3 Å². The molecule has 5 heterocycles. The fourth-order valence-corrected chi connectivity index (χ4v) is 15.7. The van der Waals surface area contributed by atoms with E-state index in [9.17, 15) is 0 Å². The Morgan fingerprint density at radius 1 is 0.326 bits per heavy atom. The summed E-state index contributed by atoms with van der Waals surface area (Å²) in [5.74, 6) is 2.18. The van der Waals surface area contributed by atoms with E-state index in [1.807, 2.05) is 91.4 Å². The van der Waals surface area contributed by atoms with Crippen LogP contribution in [0, 0.1) is 83.1 Å². The van der Waals surface area contributed by atoms with E-state index in [0.29, 0.717) is 23.3 Å². The molecule has 480 valence electrons. The SMILES string of the molecule is CC.CC.Cc1cc(Br)cc(C)c1-c1nnc(-c2c(C)cc(Br)cc2C)nn1.Cc1ccc2[nH]c3ccc(C)cc3c2c1.Cc1ccc2c(c1)c1cc(C)ccc1n2-c1cc(C)c(-c2nnc(-c3c(C)cc(Br)cc3C)nn2)c(C)c1.c1ccc2c(c1)Cc1ccccc1S2. The van der Waals surface area contributed by atoms with Gasteiger partial charge < -0.3 is 9.55 Å². The molecule has 0 atom stereocenters. The van der Waals surface area contributed by atoms with Crippen molar-refractivity contribution >= 4 is 103 Å². The fraction of sp³-hybridized carbons (Fsp3) is 0.210. The second-order valence-corrected chi connectivity index (χ2v) is 27.7. The van der Waals surface area contributed by atoms with Crippen LogP contribution in [0.3, 0.4) is 0 Å². The fourth-order valence-electron chi connectivity index (χ4n) is 12.5. The Morgan fingerprint density at radius 2 is 0.600 bits per heavy atom. The van der Waals surface area contributed by atoms with Gasteiger partial charge in [-0.1, -0.05) is 170 Å². The Hall–Kier alpha value is -8.53. The predicted octanol–water partition coefficient (Wildman–Crippen LogP) is 23.4. The molecule has 0 aliphatic carbocycles. The predicted molar refractivity (Wildman–Crippen MR) is 410 cm³/mol. The summed E-state index contributed by atoms with van der Waals surface area (Å²) >= 11 is 12.5. The number of rotatable bonds is 5. The van der Waals surface area contributed by atoms with Gasteiger partial charge in [0.2, 0.25) is 23.3 Å². The first kappa shape index (κ1) is 69.3. The maximum Gasteiger partial charge on any atom is 0.204 e. The third kappa shape index (κ3) is 15.3. The van der Waals surface area contributed by atoms with E-state index in [-0.39, 0.29) is 0 Å². The molecule has 0 spiro atoms. The van der Waals surface area contributed by atoms with Crippen molar-refractivity contribution < 1.29 is 0 Å². The number of nitrogens with zero attached hydrogens (tertiary/aromatic N) is 9. The Kier molecular flexibility index (Phi) is 22.2. The van der Waals surface area contributed by atoms with E-state index in [1.54, 1.807) is 0 Å². The van der Waals surface area contributed by atoms with Gasteiger partial charge in [-0.3, -0.25) is 0 Å². The lowest BCUT2D eigenvalue weighted by Gasteiger charge is -2.17. The first-order valence-corrected chi connectivity index (χ1v) is 35.4. The van der Waals surface area contributed by atoms with Crippen molar-refractivity contribution in [1.29, 1.82) is 0 Å². The van der Waals surface area contributed by atoms with Crippen LogP contribution >= 0.6 is 59.6 Å². The number of aromatic nitrogens is 10. The maximum absolute atomic E-state index is 4.52. The molecule has 0 fully saturated rings. The minimum atomic E-state index is 0.538. The van der Waals surface area contributed by atoms with Gasteiger partial charge in [0.05, 0.1) is 11.0 Å². The van der Waals surface area contributed by atoms with Gasteiger partial charge in [-0.25, -0.2) is 0 Å². The molecule has 14 heteroatoms. The van der Waals surface area contributed by atoms with Gasteiger partial charge in [0.25, 0.3) is 0 Å². The van der Waals surface area contributed by atoms with Crippen LogP contribution in [-0.2, 0) is 6.42 Å². The number of nitrogens with one attached hydrogen (secondary N) is 1. The van der Waals surface area contributed by atoms with E-state index in [4.69, 9.17) is 0 Å². The molecule has 0 amide bonds. The van der Waals surface area contributed by atoms with Gasteiger partial charge in [0.1, 0.15) is 0 Å². The average molecular weight is 1460 g/mol. The third-order valence-corrected chi connectivity index (χ3v) is 19.3. The number of hydrogen-bond acceptors (Lipinski definition) is 9. The van der Waals surface area contributed by atoms with Crippen LogP contribution in [0.1, 0.15) is 106 Å². The molecule has 1 aliphatic rings. The van der Waals surface area contributed by atoms with Gasteiger partial charge in [0, 0.05) is 83.7 Å². The average Bonchev–Trinajstić information content (AvgIpc) is 1.61. The standard InChI is InChI=1S/C32H28BrN5.C18H16Br2N4.C14H13N.C13H10S.2C2H6/c1-17-7-9-27-25(11-17)26-12-18(2)8-10-28(26)38(27)24-15-21(5)30(22(6)16-24)32-36-34-31(35-37-32)29-19(3)13-23(33)14-20(29)4;1-9-5-13(19)6-10(2)15(9)17-21-23-18(24-22-17)16-11(3)7-14(20)8-12(16)4;1-9-3-5-13-11(7-9)12-8-10(2)4-6-14(12)15-13;1-3-7-12-10(5-1)9-11-6-2-4-8-13(11)14-12;2*1-2/h7-16H,1-6H3;5-8H,1-4H3;3-8,15H,1-2H3;1-8H,9H2;2*1-2H3. The molecular weight excluding hydrogens is 1380 g/mol. The molecule has 0 saturated carbocycles. The molecule has 0 saturated heterocycles. The van der Waals surface area contributed by atoms with Crippen molar-refractivity contribution in [3.05, 3.63) is 261 Å². The summed E-state index contributed by atoms with van der Waals surface area (Å²) in [6, 6.07) is 60.5. The van der Waals surface area contributed by atoms with E-state index < -0.39 is 0 Å². The number of aryl methyl sites for hydroxylation is 12. The zero-order valence-electron chi connectivity index (χ0n) is 56.9. The van der Waals surface area contributed by atoms with Crippen molar-refractivity contribution in [3.8, 4) is 51.2 Å². The number of hydrogen-bond donors (Lipinski definition) is 1. The summed E-state index contributed by atoms with van der Waals surface area (Å²) in [7, 11) is 0. The molecule has 0 unspecified atom stereocenters. The van der Waals surface area contributed by atoms with Gasteiger partial charge in [-0.2, -0.15) is 0 Å². The zero-order valence-corrected chi connectivity index (χ0v) is 62.5. The van der Waals surface area contributed by atoms with Crippen LogP contribution in [0.2, 0.25) is 0 Å². The molecular formula is C81H79Br3N10S. The van der Waals surface area contributed by atoms with Crippen molar-refractivity contribution in [2.75, 3.05) is 0 Å². The van der Waals surface area contributed by atoms with E-state index in [2.05, 4.69) is 299 Å². The summed E-state index contributed by atoms with van der Waals surface area (Å²) in [4.78, 5) is 6.25. The minimum absolute atomic E-state index is 0.538. The third-order valence-electron chi connectivity index (χ3n) is 16.7. The van der Waals surface area contributed by atoms with Crippen LogP contribution in [0.15, 0.2) is 193 Å². The summed E-state index contributed by atoms with van der Waals surface area (Å²) in [5, 5.41) is 40.5. The zero-order chi connectivity index (χ0) is 67.9. The van der Waals surface area contributed by atoms with E-state index >= 15 is 0 Å². The molecule has 4 aromatic heterocycles. The van der Waals surface area contributed by atoms with Crippen molar-refractivity contribution in [2.45, 2.75) is 127 Å². The molecule has 14 aromatic rings. The maximum atomic E-state index is 4.52. The van der Waals surface area contributed by atoms with Gasteiger partial charge in [-0.15, -0.1) is 40.8 Å². The van der Waals surface area contributed by atoms with Gasteiger partial charge >= 0.3 is 0 Å². The van der Waals surface area contributed by atoms with Crippen LogP contribution in [0.5, 0.6) is 0 Å². The summed E-state index contributed by atoms with van der Waals surface area (Å²) in [6.07, 6.45) is 1.08. The van der Waals surface area contributed by atoms with Crippen molar-refractivity contribution in [3.63, 3.8) is 0 Å². The summed E-state index contributed by atoms with van der Waals surface area (Å²) in [5.41, 5.74) is 26.6. The largest absolute Gasteiger partial charge is 0.355 e. The minimum Gasteiger partial charge on any atom is -0.355 e. The summed E-state index contributed by atoms with van der Waals surface area (Å²) < 4.78 is 5.47. The first-order chi connectivity index (χ1) is 45.7. The van der Waals surface area contributed by atoms with E-state index in [0.717, 1.165) is 92.3 Å². The van der Waals surface area contributed by atoms with Crippen LogP contribution in [-0.4, -0.2) is 50.3 Å². The quantitative estimate of drug-likeness (QED) is 0.179. The van der Waals surface area contributed by atoms with E-state index in [1.165, 1.54) is 86.8 Å². The Labute approximate surface area is 588 Å². The number of halogens is 3. The van der Waals surface area contributed by atoms with Crippen molar-refractivity contribution in [2.24, 2.45) is 0 Å². The highest BCUT2D eigenvalue weighted by Gasteiger charge is 2.21. The lowest BCUT2D eigenvalue weighted by Crippen LogP contribution is -2.04. The lowest BCUT2D eigenvalue weighted by atomic mass is 10.0. The molecule has 1 aliphatic heterocycles. The van der Waals surface area contributed by atoms with Crippen LogP contribution < -0.4 is 0 Å². The molecule has 0 radical (unpaired) electrons. The highest BCUT2D eigenvalue weighted by molar-refractivity contribution is 9.11. The molecule has 15 rings (SSSR count). The molecule has 1 N–H and O–H groups in total. The Bertz CT molecular complexity index is 4760. The Balaban J connectivity index is 0.000000147. The molecule has 95 heavy (non-hydrogen) atoms. The van der Waals surface area contributed by atoms with Crippen LogP contribution in [0.4, 0.5) is 0 Å². The smallest absolute Gasteiger partial charge is 0.204 e. The lowest BCUT2D eigenvalue weighted by molar-refractivity contribution is 0.871. The van der Waals surface area contributed by atoms with Gasteiger partial charge in [0.15, 0.2) is 0 Å². The first-order valence-electron chi connectivity index (χ1n) is 32.2. The highest BCUT2D eigenvalue weighted by Crippen LogP contribution is 2.40. The highest BCUT2D eigenvalue weighted by atomic mass is 79.9. The molecule has 10 nitrogen and oxygen atoms in total.